The molecule has 5 heteroatoms. The van der Waals surface area contributed by atoms with Crippen LogP contribution in [0.25, 0.3) is 0 Å². The van der Waals surface area contributed by atoms with Crippen LogP contribution in [-0.4, -0.2) is 17.4 Å². The van der Waals surface area contributed by atoms with Crippen LogP contribution in [0.3, 0.4) is 0 Å². The summed E-state index contributed by atoms with van der Waals surface area (Å²) in [6.07, 6.45) is 0. The van der Waals surface area contributed by atoms with E-state index in [1.165, 1.54) is 6.07 Å². The molecule has 1 rings (SSSR count). The molecular formula is C15H20ClN3O. The highest BCUT2D eigenvalue weighted by molar-refractivity contribution is 6.29. The van der Waals surface area contributed by atoms with Gasteiger partial charge < -0.3 is 5.32 Å². The number of halogens is 1. The summed E-state index contributed by atoms with van der Waals surface area (Å²) in [4.78, 5) is 16.4. The Labute approximate surface area is 125 Å². The first-order valence-corrected chi connectivity index (χ1v) is 6.80. The second-order valence-electron chi connectivity index (χ2n) is 6.49. The summed E-state index contributed by atoms with van der Waals surface area (Å²) in [5.41, 5.74) is 0.434. The Kier molecular flexibility index (Phi) is 4.77. The summed E-state index contributed by atoms with van der Waals surface area (Å²) in [5.74, 6) is -0.247. The SMILES string of the molecule is CC(C)(C#N)CNC(=O)c1cc(Cl)nc(C(C)(C)C)c1. The third kappa shape index (κ3) is 4.50. The van der Waals surface area contributed by atoms with E-state index in [4.69, 9.17) is 16.9 Å². The topological polar surface area (TPSA) is 65.8 Å². The molecule has 4 nitrogen and oxygen atoms in total. The summed E-state index contributed by atoms with van der Waals surface area (Å²) < 4.78 is 0. The van der Waals surface area contributed by atoms with E-state index in [9.17, 15) is 4.79 Å². The summed E-state index contributed by atoms with van der Waals surface area (Å²) in [7, 11) is 0. The van der Waals surface area contributed by atoms with Crippen molar-refractivity contribution in [3.05, 3.63) is 28.5 Å². The minimum Gasteiger partial charge on any atom is -0.350 e. The van der Waals surface area contributed by atoms with Crippen LogP contribution in [-0.2, 0) is 5.41 Å². The molecule has 0 spiro atoms. The van der Waals surface area contributed by atoms with Gasteiger partial charge in [0.1, 0.15) is 5.15 Å². The molecule has 0 unspecified atom stereocenters. The zero-order chi connectivity index (χ0) is 15.6. The first kappa shape index (κ1) is 16.5. The highest BCUT2D eigenvalue weighted by atomic mass is 35.5. The summed E-state index contributed by atoms with van der Waals surface area (Å²) in [6.45, 7) is 9.85. The molecule has 0 fully saturated rings. The summed E-state index contributed by atoms with van der Waals surface area (Å²) in [5, 5.41) is 12.0. The van der Waals surface area contributed by atoms with Crippen LogP contribution in [0.5, 0.6) is 0 Å². The number of carbonyl (C=O) groups is 1. The van der Waals surface area contributed by atoms with Gasteiger partial charge in [-0.25, -0.2) is 4.98 Å². The van der Waals surface area contributed by atoms with Crippen LogP contribution in [0.4, 0.5) is 0 Å². The van der Waals surface area contributed by atoms with Gasteiger partial charge in [0.2, 0.25) is 0 Å². The van der Waals surface area contributed by atoms with Crippen molar-refractivity contribution in [3.63, 3.8) is 0 Å². The van der Waals surface area contributed by atoms with Crippen molar-refractivity contribution in [1.29, 1.82) is 5.26 Å². The fraction of sp³-hybridized carbons (Fsp3) is 0.533. The minimum atomic E-state index is -0.598. The normalized spacial score (nSPS) is 11.8. The van der Waals surface area contributed by atoms with Crippen molar-refractivity contribution < 1.29 is 4.79 Å². The predicted molar refractivity (Wildman–Crippen MR) is 79.7 cm³/mol. The van der Waals surface area contributed by atoms with Gasteiger partial charge in [-0.15, -0.1) is 0 Å². The van der Waals surface area contributed by atoms with Crippen molar-refractivity contribution >= 4 is 17.5 Å². The van der Waals surface area contributed by atoms with Crippen molar-refractivity contribution in [2.45, 2.75) is 40.0 Å². The number of hydrogen-bond donors (Lipinski definition) is 1. The van der Waals surface area contributed by atoms with Crippen LogP contribution in [0.15, 0.2) is 12.1 Å². The van der Waals surface area contributed by atoms with Crippen LogP contribution < -0.4 is 5.32 Å². The predicted octanol–water partition coefficient (Wildman–Crippen LogP) is 3.31. The minimum absolute atomic E-state index is 0.189. The number of pyridine rings is 1. The molecule has 0 bridgehead atoms. The lowest BCUT2D eigenvalue weighted by Crippen LogP contribution is -2.33. The summed E-state index contributed by atoms with van der Waals surface area (Å²) >= 11 is 5.97. The van der Waals surface area contributed by atoms with E-state index in [0.717, 1.165) is 5.69 Å². The average Bonchev–Trinajstić information content (AvgIpc) is 2.34. The number of nitrogens with zero attached hydrogens (tertiary/aromatic N) is 2. The molecular weight excluding hydrogens is 274 g/mol. The fourth-order valence-electron chi connectivity index (χ4n) is 1.46. The molecule has 1 aromatic rings. The molecule has 0 aliphatic rings. The Morgan fingerprint density at radius 1 is 1.35 bits per heavy atom. The molecule has 1 amide bonds. The second-order valence-corrected chi connectivity index (χ2v) is 6.88. The maximum atomic E-state index is 12.1. The van der Waals surface area contributed by atoms with E-state index in [-0.39, 0.29) is 17.9 Å². The molecule has 0 saturated heterocycles. The second kappa shape index (κ2) is 5.80. The monoisotopic (exact) mass is 293 g/mol. The van der Waals surface area contributed by atoms with Crippen LogP contribution >= 0.6 is 11.6 Å². The maximum Gasteiger partial charge on any atom is 0.251 e. The van der Waals surface area contributed by atoms with E-state index in [1.807, 2.05) is 20.8 Å². The molecule has 1 N–H and O–H groups in total. The maximum absolute atomic E-state index is 12.1. The van der Waals surface area contributed by atoms with E-state index in [1.54, 1.807) is 19.9 Å². The third-order valence-corrected chi connectivity index (χ3v) is 3.01. The molecule has 108 valence electrons. The van der Waals surface area contributed by atoms with Gasteiger partial charge in [-0.3, -0.25) is 4.79 Å². The van der Waals surface area contributed by atoms with E-state index >= 15 is 0 Å². The molecule has 1 aromatic heterocycles. The molecule has 1 heterocycles. The first-order chi connectivity index (χ1) is 9.05. The quantitative estimate of drug-likeness (QED) is 0.870. The van der Waals surface area contributed by atoms with E-state index < -0.39 is 5.41 Å². The van der Waals surface area contributed by atoms with Crippen molar-refractivity contribution in [1.82, 2.24) is 10.3 Å². The van der Waals surface area contributed by atoms with Gasteiger partial charge in [0.05, 0.1) is 11.5 Å². The molecule has 0 aromatic carbocycles. The number of hydrogen-bond acceptors (Lipinski definition) is 3. The lowest BCUT2D eigenvalue weighted by Gasteiger charge is -2.19. The van der Waals surface area contributed by atoms with Gasteiger partial charge in [0.15, 0.2) is 0 Å². The van der Waals surface area contributed by atoms with Crippen molar-refractivity contribution in [2.24, 2.45) is 5.41 Å². The van der Waals surface area contributed by atoms with Crippen LogP contribution in [0, 0.1) is 16.7 Å². The average molecular weight is 294 g/mol. The number of rotatable bonds is 3. The lowest BCUT2D eigenvalue weighted by atomic mass is 9.90. The van der Waals surface area contributed by atoms with Gasteiger partial charge in [-0.2, -0.15) is 5.26 Å². The standard InChI is InChI=1S/C15H20ClN3O/c1-14(2,3)11-6-10(7-12(16)19-11)13(20)18-9-15(4,5)8-17/h6-7H,9H2,1-5H3,(H,18,20). The molecule has 0 radical (unpaired) electrons. The molecule has 0 aliphatic heterocycles. The molecule has 0 saturated carbocycles. The Bertz CT molecular complexity index is 553. The fourth-order valence-corrected chi connectivity index (χ4v) is 1.66. The number of carbonyl (C=O) groups excluding carboxylic acids is 1. The Balaban J connectivity index is 2.95. The highest BCUT2D eigenvalue weighted by Gasteiger charge is 2.21. The van der Waals surface area contributed by atoms with E-state index in [2.05, 4.69) is 16.4 Å². The van der Waals surface area contributed by atoms with Gasteiger partial charge in [0.25, 0.3) is 5.91 Å². The Morgan fingerprint density at radius 2 is 1.95 bits per heavy atom. The summed E-state index contributed by atoms with van der Waals surface area (Å²) in [6, 6.07) is 5.41. The highest BCUT2D eigenvalue weighted by Crippen LogP contribution is 2.23. The van der Waals surface area contributed by atoms with Crippen molar-refractivity contribution in [3.8, 4) is 6.07 Å². The number of aromatic nitrogens is 1. The molecule has 0 aliphatic carbocycles. The van der Waals surface area contributed by atoms with Gasteiger partial charge in [0, 0.05) is 23.2 Å². The van der Waals surface area contributed by atoms with Gasteiger partial charge in [-0.1, -0.05) is 32.4 Å². The third-order valence-electron chi connectivity index (χ3n) is 2.82. The Morgan fingerprint density at radius 3 is 2.45 bits per heavy atom. The molecule has 20 heavy (non-hydrogen) atoms. The van der Waals surface area contributed by atoms with Gasteiger partial charge >= 0.3 is 0 Å². The van der Waals surface area contributed by atoms with Crippen LogP contribution in [0.2, 0.25) is 5.15 Å². The first-order valence-electron chi connectivity index (χ1n) is 6.43. The largest absolute Gasteiger partial charge is 0.350 e. The van der Waals surface area contributed by atoms with Crippen LogP contribution in [0.1, 0.15) is 50.7 Å². The van der Waals surface area contributed by atoms with Crippen molar-refractivity contribution in [2.75, 3.05) is 6.54 Å². The number of amides is 1. The van der Waals surface area contributed by atoms with Gasteiger partial charge in [-0.05, 0) is 26.0 Å². The number of nitriles is 1. The Hall–Kier alpha value is -1.60. The smallest absolute Gasteiger partial charge is 0.251 e. The lowest BCUT2D eigenvalue weighted by molar-refractivity contribution is 0.0943. The zero-order valence-corrected chi connectivity index (χ0v) is 13.3. The molecule has 0 atom stereocenters. The zero-order valence-electron chi connectivity index (χ0n) is 12.5. The van der Waals surface area contributed by atoms with E-state index in [0.29, 0.717) is 10.7 Å². The number of nitrogens with one attached hydrogen (secondary N) is 1.